The van der Waals surface area contributed by atoms with Crippen LogP contribution in [0.1, 0.15) is 23.2 Å². The van der Waals surface area contributed by atoms with Crippen molar-refractivity contribution in [2.45, 2.75) is 31.1 Å². The van der Waals surface area contributed by atoms with E-state index in [1.54, 1.807) is 36.4 Å². The van der Waals surface area contributed by atoms with Crippen LogP contribution in [0.15, 0.2) is 48.5 Å². The molecule has 1 aliphatic rings. The van der Waals surface area contributed by atoms with Gasteiger partial charge in [-0.25, -0.2) is 4.39 Å². The van der Waals surface area contributed by atoms with Crippen LogP contribution in [0.2, 0.25) is 0 Å². The standard InChI is InChI=1S/C23H21F2NO4/c1-30-22-15(8-9-17(24)20(22)25)13-5-2-6-14-12(13)4-3-7-16(14)23(29)26-18-10-11-19(27)21(18)28/h2-9,18-19,21,27-28H,10-11H2,1H3,(H,26,29)/t18-,19-,21+/m1/s1. The highest BCUT2D eigenvalue weighted by Crippen LogP contribution is 2.38. The molecule has 3 aromatic carbocycles. The molecule has 5 nitrogen and oxygen atoms in total. The first-order valence-corrected chi connectivity index (χ1v) is 9.63. The van der Waals surface area contributed by atoms with Crippen LogP contribution >= 0.6 is 0 Å². The lowest BCUT2D eigenvalue weighted by molar-refractivity contribution is 0.0297. The van der Waals surface area contributed by atoms with Crippen LogP contribution in [0.5, 0.6) is 5.75 Å². The highest BCUT2D eigenvalue weighted by Gasteiger charge is 2.34. The van der Waals surface area contributed by atoms with Crippen molar-refractivity contribution < 1.29 is 28.5 Å². The largest absolute Gasteiger partial charge is 0.493 e. The molecular formula is C23H21F2NO4. The van der Waals surface area contributed by atoms with Crippen molar-refractivity contribution in [1.29, 1.82) is 0 Å². The van der Waals surface area contributed by atoms with Crippen LogP contribution in [0.4, 0.5) is 8.78 Å². The van der Waals surface area contributed by atoms with Crippen LogP contribution in [0.3, 0.4) is 0 Å². The van der Waals surface area contributed by atoms with Gasteiger partial charge in [0, 0.05) is 11.1 Å². The van der Waals surface area contributed by atoms with E-state index in [4.69, 9.17) is 4.74 Å². The Morgan fingerprint density at radius 1 is 1.00 bits per heavy atom. The van der Waals surface area contributed by atoms with Gasteiger partial charge in [-0.05, 0) is 47.4 Å². The predicted molar refractivity (Wildman–Crippen MR) is 108 cm³/mol. The lowest BCUT2D eigenvalue weighted by Gasteiger charge is -2.19. The zero-order valence-corrected chi connectivity index (χ0v) is 16.2. The molecule has 1 amide bonds. The zero-order chi connectivity index (χ0) is 21.4. The molecule has 1 aliphatic carbocycles. The molecule has 1 saturated carbocycles. The van der Waals surface area contributed by atoms with Gasteiger partial charge in [-0.1, -0.05) is 30.3 Å². The summed E-state index contributed by atoms with van der Waals surface area (Å²) >= 11 is 0. The van der Waals surface area contributed by atoms with E-state index in [1.165, 1.54) is 13.2 Å². The quantitative estimate of drug-likeness (QED) is 0.613. The molecule has 0 radical (unpaired) electrons. The minimum atomic E-state index is -1.07. The maximum Gasteiger partial charge on any atom is 0.252 e. The lowest BCUT2D eigenvalue weighted by Crippen LogP contribution is -2.42. The van der Waals surface area contributed by atoms with Gasteiger partial charge < -0.3 is 20.3 Å². The second-order valence-corrected chi connectivity index (χ2v) is 7.36. The van der Waals surface area contributed by atoms with Gasteiger partial charge in [-0.3, -0.25) is 4.79 Å². The lowest BCUT2D eigenvalue weighted by atomic mass is 9.94. The van der Waals surface area contributed by atoms with E-state index in [0.29, 0.717) is 40.3 Å². The first-order valence-electron chi connectivity index (χ1n) is 9.63. The van der Waals surface area contributed by atoms with Gasteiger partial charge in [-0.15, -0.1) is 0 Å². The summed E-state index contributed by atoms with van der Waals surface area (Å²) < 4.78 is 33.0. The van der Waals surface area contributed by atoms with Gasteiger partial charge in [0.1, 0.15) is 6.10 Å². The fourth-order valence-electron chi connectivity index (χ4n) is 4.05. The Morgan fingerprint density at radius 3 is 2.43 bits per heavy atom. The van der Waals surface area contributed by atoms with Gasteiger partial charge in [0.05, 0.1) is 19.3 Å². The van der Waals surface area contributed by atoms with Crippen molar-refractivity contribution in [2.24, 2.45) is 0 Å². The van der Waals surface area contributed by atoms with Crippen LogP contribution in [-0.2, 0) is 0 Å². The molecule has 0 aliphatic heterocycles. The third-order valence-corrected chi connectivity index (χ3v) is 5.61. The van der Waals surface area contributed by atoms with Crippen LogP contribution in [0, 0.1) is 11.6 Å². The molecule has 1 fully saturated rings. The fraction of sp³-hybridized carbons (Fsp3) is 0.261. The Bertz CT molecular complexity index is 1120. The average Bonchev–Trinajstić information content (AvgIpc) is 3.06. The molecule has 30 heavy (non-hydrogen) atoms. The molecule has 0 heterocycles. The minimum Gasteiger partial charge on any atom is -0.493 e. The van der Waals surface area contributed by atoms with Crippen LogP contribution < -0.4 is 10.1 Å². The number of ether oxygens (including phenoxy) is 1. The molecule has 0 unspecified atom stereocenters. The molecule has 0 aromatic heterocycles. The predicted octanol–water partition coefficient (Wildman–Crippen LogP) is 3.41. The summed E-state index contributed by atoms with van der Waals surface area (Å²) in [4.78, 5) is 12.9. The molecule has 0 saturated heterocycles. The normalized spacial score (nSPS) is 21.0. The Hall–Kier alpha value is -3.03. The number of aliphatic hydroxyl groups is 2. The Labute approximate surface area is 171 Å². The Balaban J connectivity index is 1.78. The molecule has 3 atom stereocenters. The summed E-state index contributed by atoms with van der Waals surface area (Å²) in [6.07, 6.45) is -0.959. The maximum absolute atomic E-state index is 14.2. The molecule has 3 aromatic rings. The third kappa shape index (κ3) is 3.40. The highest BCUT2D eigenvalue weighted by atomic mass is 19.2. The molecule has 4 rings (SSSR count). The number of hydrogen-bond donors (Lipinski definition) is 3. The number of fused-ring (bicyclic) bond motifs is 1. The zero-order valence-electron chi connectivity index (χ0n) is 16.2. The molecule has 3 N–H and O–H groups in total. The summed E-state index contributed by atoms with van der Waals surface area (Å²) in [7, 11) is 1.27. The van der Waals surface area contributed by atoms with Crippen LogP contribution in [0.25, 0.3) is 21.9 Å². The third-order valence-electron chi connectivity index (χ3n) is 5.61. The first kappa shape index (κ1) is 20.3. The van der Waals surface area contributed by atoms with Crippen molar-refractivity contribution >= 4 is 16.7 Å². The van der Waals surface area contributed by atoms with E-state index in [9.17, 15) is 23.8 Å². The van der Waals surface area contributed by atoms with Crippen molar-refractivity contribution in [2.75, 3.05) is 7.11 Å². The summed E-state index contributed by atoms with van der Waals surface area (Å²) in [5.41, 5.74) is 1.34. The topological polar surface area (TPSA) is 78.8 Å². The number of aliphatic hydroxyl groups excluding tert-OH is 2. The first-order chi connectivity index (χ1) is 14.4. The number of carbonyl (C=O) groups is 1. The number of carbonyl (C=O) groups excluding carboxylic acids is 1. The number of methoxy groups -OCH3 is 1. The van der Waals surface area contributed by atoms with Gasteiger partial charge in [0.2, 0.25) is 5.82 Å². The number of halogens is 2. The smallest absolute Gasteiger partial charge is 0.252 e. The second kappa shape index (κ2) is 8.01. The second-order valence-electron chi connectivity index (χ2n) is 7.36. The summed E-state index contributed by atoms with van der Waals surface area (Å²) in [6.45, 7) is 0. The Kier molecular flexibility index (Phi) is 5.40. The van der Waals surface area contributed by atoms with Gasteiger partial charge in [-0.2, -0.15) is 4.39 Å². The van der Waals surface area contributed by atoms with Crippen molar-refractivity contribution in [3.05, 3.63) is 65.7 Å². The van der Waals surface area contributed by atoms with Gasteiger partial charge in [0.15, 0.2) is 11.6 Å². The number of rotatable bonds is 4. The van der Waals surface area contributed by atoms with E-state index < -0.39 is 29.9 Å². The minimum absolute atomic E-state index is 0.208. The Morgan fingerprint density at radius 2 is 1.73 bits per heavy atom. The van der Waals surface area contributed by atoms with Crippen molar-refractivity contribution in [1.82, 2.24) is 5.32 Å². The van der Waals surface area contributed by atoms with Gasteiger partial charge in [0.25, 0.3) is 5.91 Å². The van der Waals surface area contributed by atoms with E-state index in [-0.39, 0.29) is 11.7 Å². The van der Waals surface area contributed by atoms with Gasteiger partial charge >= 0.3 is 0 Å². The summed E-state index contributed by atoms with van der Waals surface area (Å²) in [6, 6.07) is 12.3. The number of nitrogens with one attached hydrogen (secondary N) is 1. The molecule has 7 heteroatoms. The summed E-state index contributed by atoms with van der Waals surface area (Å²) in [5.74, 6) is -2.67. The van der Waals surface area contributed by atoms with E-state index in [2.05, 4.69) is 5.32 Å². The summed E-state index contributed by atoms with van der Waals surface area (Å²) in [5, 5.41) is 23.8. The van der Waals surface area contributed by atoms with Crippen molar-refractivity contribution in [3.63, 3.8) is 0 Å². The number of benzene rings is 3. The highest BCUT2D eigenvalue weighted by molar-refractivity contribution is 6.10. The van der Waals surface area contributed by atoms with Crippen LogP contribution in [-0.4, -0.2) is 41.5 Å². The average molecular weight is 413 g/mol. The molecule has 0 bridgehead atoms. The number of amides is 1. The molecule has 156 valence electrons. The SMILES string of the molecule is COc1c(-c2cccc3c(C(=O)N[C@@H]4CC[C@@H](O)[C@H]4O)cccc23)ccc(F)c1F. The fourth-order valence-corrected chi connectivity index (χ4v) is 4.05. The van der Waals surface area contributed by atoms with Crippen molar-refractivity contribution in [3.8, 4) is 16.9 Å². The van der Waals surface area contributed by atoms with E-state index >= 15 is 0 Å². The van der Waals surface area contributed by atoms with E-state index in [1.807, 2.05) is 0 Å². The monoisotopic (exact) mass is 413 g/mol. The van der Waals surface area contributed by atoms with E-state index in [0.717, 1.165) is 6.07 Å². The molecule has 0 spiro atoms. The number of hydrogen-bond acceptors (Lipinski definition) is 4. The molecular weight excluding hydrogens is 392 g/mol. The maximum atomic E-state index is 14.2.